The highest BCUT2D eigenvalue weighted by atomic mass is 32.1. The summed E-state index contributed by atoms with van der Waals surface area (Å²) in [5.41, 5.74) is 8.43. The van der Waals surface area contributed by atoms with E-state index in [2.05, 4.69) is 53.3 Å². The first-order chi connectivity index (χ1) is 18.4. The van der Waals surface area contributed by atoms with Crippen molar-refractivity contribution in [3.05, 3.63) is 63.5 Å². The van der Waals surface area contributed by atoms with Gasteiger partial charge in [0.25, 0.3) is 0 Å². The normalized spacial score (nSPS) is 20.2. The average Bonchev–Trinajstić information content (AvgIpc) is 3.38. The summed E-state index contributed by atoms with van der Waals surface area (Å²) in [4.78, 5) is 21.1. The molecule has 7 nitrogen and oxygen atoms in total. The molecule has 2 aromatic carbocycles. The lowest BCUT2D eigenvalue weighted by Crippen LogP contribution is -2.50. The van der Waals surface area contributed by atoms with Crippen LogP contribution in [-0.2, 0) is 29.1 Å². The third-order valence-corrected chi connectivity index (χ3v) is 9.03. The fourth-order valence-electron chi connectivity index (χ4n) is 5.81. The Morgan fingerprint density at radius 3 is 2.87 bits per heavy atom. The number of piperidine rings is 1. The van der Waals surface area contributed by atoms with Gasteiger partial charge in [-0.25, -0.2) is 4.98 Å². The number of aliphatic carboxylic acids is 1. The molecule has 0 saturated carbocycles. The molecule has 3 aromatic rings. The summed E-state index contributed by atoms with van der Waals surface area (Å²) in [6.07, 6.45) is 2.67. The van der Waals surface area contributed by atoms with Gasteiger partial charge in [-0.15, -0.1) is 11.3 Å². The van der Waals surface area contributed by atoms with Crippen molar-refractivity contribution in [2.24, 2.45) is 5.92 Å². The highest BCUT2D eigenvalue weighted by Crippen LogP contribution is 2.36. The van der Waals surface area contributed by atoms with Gasteiger partial charge in [-0.3, -0.25) is 9.69 Å². The van der Waals surface area contributed by atoms with Crippen LogP contribution in [0.5, 0.6) is 5.75 Å². The molecular weight excluding hydrogens is 498 g/mol. The number of ether oxygens (including phenoxy) is 2. The molecule has 3 aliphatic heterocycles. The second-order valence-electron chi connectivity index (χ2n) is 10.9. The highest BCUT2D eigenvalue weighted by Gasteiger charge is 2.30. The summed E-state index contributed by atoms with van der Waals surface area (Å²) in [6.45, 7) is 9.98. The van der Waals surface area contributed by atoms with E-state index in [1.807, 2.05) is 6.07 Å². The maximum atomic E-state index is 11.5. The third kappa shape index (κ3) is 5.17. The first-order valence-corrected chi connectivity index (χ1v) is 14.4. The van der Waals surface area contributed by atoms with E-state index in [4.69, 9.17) is 14.5 Å². The number of hydrogen-bond acceptors (Lipinski definition) is 7. The number of carboxylic acid groups (broad SMARTS) is 1. The van der Waals surface area contributed by atoms with E-state index in [1.165, 1.54) is 22.3 Å². The van der Waals surface area contributed by atoms with Crippen molar-refractivity contribution in [2.45, 2.75) is 52.3 Å². The number of nitrogens with zero attached hydrogens (tertiary/aromatic N) is 3. The van der Waals surface area contributed by atoms with Gasteiger partial charge in [-0.05, 0) is 67.5 Å². The Kier molecular flexibility index (Phi) is 7.12. The van der Waals surface area contributed by atoms with Crippen LogP contribution in [0.1, 0.15) is 40.7 Å². The van der Waals surface area contributed by atoms with Gasteiger partial charge >= 0.3 is 5.97 Å². The minimum absolute atomic E-state index is 0.329. The molecule has 0 aliphatic carbocycles. The lowest BCUT2D eigenvalue weighted by Gasteiger charge is -2.40. The summed E-state index contributed by atoms with van der Waals surface area (Å²) in [5, 5.41) is 12.4. The van der Waals surface area contributed by atoms with Gasteiger partial charge in [-0.2, -0.15) is 0 Å². The maximum absolute atomic E-state index is 11.5. The number of carboxylic acids is 1. The smallest absolute Gasteiger partial charge is 0.308 e. The van der Waals surface area contributed by atoms with Gasteiger partial charge in [0, 0.05) is 37.1 Å². The van der Waals surface area contributed by atoms with Crippen LogP contribution in [0.15, 0.2) is 35.7 Å². The lowest BCUT2D eigenvalue weighted by atomic mass is 9.92. The largest absolute Gasteiger partial charge is 0.488 e. The molecule has 4 heterocycles. The van der Waals surface area contributed by atoms with Crippen molar-refractivity contribution in [2.75, 3.05) is 37.7 Å². The Hall–Kier alpha value is -2.94. The van der Waals surface area contributed by atoms with Crippen LogP contribution in [0.25, 0.3) is 11.3 Å². The van der Waals surface area contributed by atoms with Crippen LogP contribution in [0.4, 0.5) is 5.13 Å². The fourth-order valence-corrected chi connectivity index (χ4v) is 6.67. The predicted molar refractivity (Wildman–Crippen MR) is 149 cm³/mol. The van der Waals surface area contributed by atoms with Gasteiger partial charge in [0.05, 0.1) is 30.9 Å². The van der Waals surface area contributed by atoms with Gasteiger partial charge in [0.15, 0.2) is 5.13 Å². The van der Waals surface area contributed by atoms with Crippen molar-refractivity contribution < 1.29 is 19.4 Å². The van der Waals surface area contributed by atoms with E-state index in [0.717, 1.165) is 79.8 Å². The van der Waals surface area contributed by atoms with Crippen LogP contribution in [0, 0.1) is 19.8 Å². The van der Waals surface area contributed by atoms with E-state index in [0.29, 0.717) is 19.2 Å². The summed E-state index contributed by atoms with van der Waals surface area (Å²) < 4.78 is 11.8. The second kappa shape index (κ2) is 10.7. The van der Waals surface area contributed by atoms with Crippen LogP contribution in [0.2, 0.25) is 0 Å². The molecule has 38 heavy (non-hydrogen) atoms. The molecule has 1 atom stereocenters. The SMILES string of the molecule is Cc1ccc(OCc2cc(C)c3c(c2)CCN(C2COC2)C3)c(-c2csc(N3CCC[C@H](C(=O)O)C3)n2)c1. The van der Waals surface area contributed by atoms with Crippen molar-refractivity contribution in [3.63, 3.8) is 0 Å². The number of aryl methyl sites for hydroxylation is 2. The van der Waals surface area contributed by atoms with Crippen molar-refractivity contribution in [1.82, 2.24) is 9.88 Å². The van der Waals surface area contributed by atoms with Crippen molar-refractivity contribution in [3.8, 4) is 17.0 Å². The molecule has 6 rings (SSSR count). The first-order valence-electron chi connectivity index (χ1n) is 13.5. The number of anilines is 1. The minimum atomic E-state index is -0.719. The zero-order chi connectivity index (χ0) is 26.2. The monoisotopic (exact) mass is 533 g/mol. The molecule has 1 N–H and O–H groups in total. The molecule has 8 heteroatoms. The number of aromatic nitrogens is 1. The molecule has 3 aliphatic rings. The topological polar surface area (TPSA) is 75.1 Å². The van der Waals surface area contributed by atoms with Crippen LogP contribution >= 0.6 is 11.3 Å². The summed E-state index contributed by atoms with van der Waals surface area (Å²) >= 11 is 1.57. The van der Waals surface area contributed by atoms with Gasteiger partial charge in [0.2, 0.25) is 0 Å². The van der Waals surface area contributed by atoms with E-state index < -0.39 is 5.97 Å². The molecular formula is C30H35N3O4S. The lowest BCUT2D eigenvalue weighted by molar-refractivity contribution is -0.141. The summed E-state index contributed by atoms with van der Waals surface area (Å²) in [7, 11) is 0. The van der Waals surface area contributed by atoms with Crippen molar-refractivity contribution >= 4 is 22.4 Å². The number of fused-ring (bicyclic) bond motifs is 1. The first kappa shape index (κ1) is 25.3. The van der Waals surface area contributed by atoms with Crippen molar-refractivity contribution in [1.29, 1.82) is 0 Å². The van der Waals surface area contributed by atoms with E-state index >= 15 is 0 Å². The molecule has 1 aromatic heterocycles. The Labute approximate surface area is 228 Å². The van der Waals surface area contributed by atoms with Crippen LogP contribution < -0.4 is 9.64 Å². The Morgan fingerprint density at radius 1 is 1.21 bits per heavy atom. The van der Waals surface area contributed by atoms with Gasteiger partial charge in [-0.1, -0.05) is 23.8 Å². The number of thiazole rings is 1. The molecule has 0 unspecified atom stereocenters. The zero-order valence-corrected chi connectivity index (χ0v) is 22.9. The Morgan fingerprint density at radius 2 is 2.08 bits per heavy atom. The molecule has 0 radical (unpaired) electrons. The van der Waals surface area contributed by atoms with Crippen LogP contribution in [-0.4, -0.2) is 59.8 Å². The second-order valence-corrected chi connectivity index (χ2v) is 11.7. The van der Waals surface area contributed by atoms with E-state index in [1.54, 1.807) is 11.3 Å². The molecule has 0 bridgehead atoms. The maximum Gasteiger partial charge on any atom is 0.308 e. The fraction of sp³-hybridized carbons (Fsp3) is 0.467. The predicted octanol–water partition coefficient (Wildman–Crippen LogP) is 5.06. The standard InChI is InChI=1S/C30H35N3O4S/c1-19-5-6-28(25(10-19)27-18-38-30(31-27)33-8-3-4-23(13-33)29(34)35)37-15-21-11-20(2)26-14-32(24-16-36-17-24)9-7-22(26)12-21/h5-6,10-12,18,23-24H,3-4,7-9,13-17H2,1-2H3,(H,34,35)/t23-/m0/s1. The third-order valence-electron chi connectivity index (χ3n) is 8.13. The number of carbonyl (C=O) groups is 1. The number of hydrogen-bond donors (Lipinski definition) is 1. The van der Waals surface area contributed by atoms with Gasteiger partial charge in [0.1, 0.15) is 12.4 Å². The molecule has 2 saturated heterocycles. The van der Waals surface area contributed by atoms with Gasteiger partial charge < -0.3 is 19.5 Å². The van der Waals surface area contributed by atoms with E-state index in [9.17, 15) is 9.90 Å². The highest BCUT2D eigenvalue weighted by molar-refractivity contribution is 7.14. The molecule has 200 valence electrons. The van der Waals surface area contributed by atoms with Crippen LogP contribution in [0.3, 0.4) is 0 Å². The van der Waals surface area contributed by atoms with E-state index in [-0.39, 0.29) is 5.92 Å². The Balaban J connectivity index is 1.18. The summed E-state index contributed by atoms with van der Waals surface area (Å²) in [6, 6.07) is 11.4. The quantitative estimate of drug-likeness (QED) is 0.455. The Bertz CT molecular complexity index is 1340. The number of benzene rings is 2. The zero-order valence-electron chi connectivity index (χ0n) is 22.1. The molecule has 0 amide bonds. The average molecular weight is 534 g/mol. The summed E-state index contributed by atoms with van der Waals surface area (Å²) in [5.74, 6) is -0.228. The molecule has 0 spiro atoms. The molecule has 2 fully saturated rings. The number of rotatable bonds is 7. The minimum Gasteiger partial charge on any atom is -0.488 e.